The molecule has 0 aliphatic carbocycles. The predicted octanol–water partition coefficient (Wildman–Crippen LogP) is 2.48. The molecule has 6 heteroatoms. The van der Waals surface area contributed by atoms with Gasteiger partial charge in [-0.2, -0.15) is 0 Å². The summed E-state index contributed by atoms with van der Waals surface area (Å²) in [5.41, 5.74) is 9.60. The molecule has 1 aromatic carbocycles. The van der Waals surface area contributed by atoms with Gasteiger partial charge >= 0.3 is 0 Å². The predicted molar refractivity (Wildman–Crippen MR) is 80.0 cm³/mol. The van der Waals surface area contributed by atoms with Crippen molar-refractivity contribution in [3.8, 4) is 0 Å². The van der Waals surface area contributed by atoms with E-state index in [-0.39, 0.29) is 5.84 Å². The normalized spacial score (nSPS) is 11.6. The Labute approximate surface area is 121 Å². The van der Waals surface area contributed by atoms with Crippen LogP contribution in [0.4, 0.5) is 0 Å². The second-order valence-electron chi connectivity index (χ2n) is 4.46. The molecule has 0 fully saturated rings. The zero-order valence-corrected chi connectivity index (χ0v) is 12.2. The van der Waals surface area contributed by atoms with Crippen molar-refractivity contribution in [1.82, 2.24) is 9.97 Å². The van der Waals surface area contributed by atoms with E-state index in [9.17, 15) is 0 Å². The molecule has 0 saturated heterocycles. The Balaban J connectivity index is 2.08. The second-order valence-corrected chi connectivity index (χ2v) is 5.40. The van der Waals surface area contributed by atoms with Crippen LogP contribution >= 0.6 is 11.8 Å². The van der Waals surface area contributed by atoms with Crippen LogP contribution in [0.3, 0.4) is 0 Å². The highest BCUT2D eigenvalue weighted by Crippen LogP contribution is 2.22. The summed E-state index contributed by atoms with van der Waals surface area (Å²) >= 11 is 1.58. The van der Waals surface area contributed by atoms with Crippen molar-refractivity contribution in [2.45, 2.75) is 24.8 Å². The molecule has 0 saturated carbocycles. The zero-order valence-electron chi connectivity index (χ0n) is 11.4. The quantitative estimate of drug-likeness (QED) is 0.225. The van der Waals surface area contributed by atoms with Crippen molar-refractivity contribution in [1.29, 1.82) is 0 Å². The Morgan fingerprint density at radius 3 is 2.60 bits per heavy atom. The topological polar surface area (TPSA) is 84.4 Å². The molecule has 1 aromatic heterocycles. The minimum Gasteiger partial charge on any atom is -0.409 e. The number of aromatic nitrogens is 2. The fraction of sp³-hybridized carbons (Fsp3) is 0.214. The van der Waals surface area contributed by atoms with Crippen molar-refractivity contribution in [2.75, 3.05) is 0 Å². The Kier molecular flexibility index (Phi) is 4.57. The lowest BCUT2D eigenvalue weighted by atomic mass is 10.1. The van der Waals surface area contributed by atoms with Crippen LogP contribution in [-0.2, 0) is 5.75 Å². The van der Waals surface area contributed by atoms with E-state index >= 15 is 0 Å². The molecule has 0 spiro atoms. The number of nitrogens with two attached hydrogens (primary N) is 1. The van der Waals surface area contributed by atoms with Crippen molar-refractivity contribution >= 4 is 17.6 Å². The number of aryl methyl sites for hydroxylation is 2. The van der Waals surface area contributed by atoms with Crippen molar-refractivity contribution in [3.63, 3.8) is 0 Å². The van der Waals surface area contributed by atoms with Crippen LogP contribution in [0.5, 0.6) is 0 Å². The molecular formula is C14H16N4OS. The van der Waals surface area contributed by atoms with E-state index in [2.05, 4.69) is 15.1 Å². The molecule has 0 bridgehead atoms. The number of amidine groups is 1. The van der Waals surface area contributed by atoms with Crippen LogP contribution in [0, 0.1) is 13.8 Å². The molecular weight excluding hydrogens is 272 g/mol. The fourth-order valence-electron chi connectivity index (χ4n) is 1.67. The summed E-state index contributed by atoms with van der Waals surface area (Å²) in [4.78, 5) is 8.52. The molecule has 0 aliphatic rings. The van der Waals surface area contributed by atoms with Gasteiger partial charge in [-0.1, -0.05) is 29.1 Å². The summed E-state index contributed by atoms with van der Waals surface area (Å²) in [7, 11) is 0. The van der Waals surface area contributed by atoms with E-state index < -0.39 is 0 Å². The van der Waals surface area contributed by atoms with Crippen molar-refractivity contribution in [2.24, 2.45) is 10.9 Å². The summed E-state index contributed by atoms with van der Waals surface area (Å²) in [6.45, 7) is 3.96. The maximum Gasteiger partial charge on any atom is 0.187 e. The van der Waals surface area contributed by atoms with Gasteiger partial charge in [-0.15, -0.1) is 0 Å². The fourth-order valence-corrected chi connectivity index (χ4v) is 2.54. The minimum atomic E-state index is 0.120. The summed E-state index contributed by atoms with van der Waals surface area (Å²) in [6, 6.07) is 5.72. The molecule has 3 N–H and O–H groups in total. The Morgan fingerprint density at radius 1 is 1.30 bits per heavy atom. The van der Waals surface area contributed by atoms with Crippen LogP contribution in [-0.4, -0.2) is 21.0 Å². The standard InChI is InChI=1S/C14H16N4OS/c1-9-6-16-14(17-7-9)20-8-12-4-3-11(5-10(12)2)13(15)18-19/h3-7,19H,8H2,1-2H3,(H2,15,18). The van der Waals surface area contributed by atoms with E-state index in [0.29, 0.717) is 5.56 Å². The number of hydrogen-bond acceptors (Lipinski definition) is 5. The highest BCUT2D eigenvalue weighted by molar-refractivity contribution is 7.98. The van der Waals surface area contributed by atoms with Gasteiger partial charge in [-0.05, 0) is 36.6 Å². The van der Waals surface area contributed by atoms with Crippen LogP contribution in [0.15, 0.2) is 40.9 Å². The highest BCUT2D eigenvalue weighted by Gasteiger charge is 2.05. The van der Waals surface area contributed by atoms with Crippen LogP contribution in [0.25, 0.3) is 0 Å². The zero-order chi connectivity index (χ0) is 14.5. The first kappa shape index (κ1) is 14.3. The lowest BCUT2D eigenvalue weighted by Gasteiger charge is -2.07. The largest absolute Gasteiger partial charge is 0.409 e. The average Bonchev–Trinajstić information content (AvgIpc) is 2.46. The molecule has 2 aromatic rings. The first-order valence-electron chi connectivity index (χ1n) is 6.09. The third-order valence-electron chi connectivity index (χ3n) is 2.86. The van der Waals surface area contributed by atoms with Gasteiger partial charge in [0.05, 0.1) is 0 Å². The van der Waals surface area contributed by atoms with Crippen molar-refractivity contribution in [3.05, 3.63) is 52.8 Å². The molecule has 2 rings (SSSR count). The number of nitrogens with zero attached hydrogens (tertiary/aromatic N) is 3. The minimum absolute atomic E-state index is 0.120. The van der Waals surface area contributed by atoms with E-state index in [1.807, 2.05) is 44.4 Å². The smallest absolute Gasteiger partial charge is 0.187 e. The maximum atomic E-state index is 8.67. The number of benzene rings is 1. The van der Waals surface area contributed by atoms with E-state index in [4.69, 9.17) is 10.9 Å². The monoisotopic (exact) mass is 288 g/mol. The van der Waals surface area contributed by atoms with Crippen LogP contribution < -0.4 is 5.73 Å². The van der Waals surface area contributed by atoms with Gasteiger partial charge in [0.2, 0.25) is 0 Å². The van der Waals surface area contributed by atoms with Crippen molar-refractivity contribution < 1.29 is 5.21 Å². The Hall–Kier alpha value is -2.08. The lowest BCUT2D eigenvalue weighted by molar-refractivity contribution is 0.318. The Bertz CT molecular complexity index is 626. The number of hydrogen-bond donors (Lipinski definition) is 2. The average molecular weight is 288 g/mol. The summed E-state index contributed by atoms with van der Waals surface area (Å²) < 4.78 is 0. The van der Waals surface area contributed by atoms with Gasteiger partial charge in [0.1, 0.15) is 0 Å². The third kappa shape index (κ3) is 3.48. The molecule has 0 amide bonds. The van der Waals surface area contributed by atoms with Gasteiger partial charge in [-0.3, -0.25) is 0 Å². The maximum absolute atomic E-state index is 8.67. The number of oxime groups is 1. The van der Waals surface area contributed by atoms with Gasteiger partial charge in [-0.25, -0.2) is 9.97 Å². The highest BCUT2D eigenvalue weighted by atomic mass is 32.2. The van der Waals surface area contributed by atoms with E-state index in [1.54, 1.807) is 11.8 Å². The van der Waals surface area contributed by atoms with E-state index in [0.717, 1.165) is 22.0 Å². The Morgan fingerprint density at radius 2 is 2.00 bits per heavy atom. The van der Waals surface area contributed by atoms with Gasteiger partial charge in [0, 0.05) is 23.7 Å². The molecule has 20 heavy (non-hydrogen) atoms. The SMILES string of the molecule is Cc1cnc(SCc2ccc(/C(N)=N/O)cc2C)nc1. The van der Waals surface area contributed by atoms with Crippen LogP contribution in [0.1, 0.15) is 22.3 Å². The second kappa shape index (κ2) is 6.38. The first-order chi connectivity index (χ1) is 9.60. The lowest BCUT2D eigenvalue weighted by Crippen LogP contribution is -2.13. The third-order valence-corrected chi connectivity index (χ3v) is 3.78. The van der Waals surface area contributed by atoms with Gasteiger partial charge in [0.15, 0.2) is 11.0 Å². The molecule has 104 valence electrons. The number of thioether (sulfide) groups is 1. The summed E-state index contributed by atoms with van der Waals surface area (Å²) in [5, 5.41) is 12.4. The molecule has 1 heterocycles. The van der Waals surface area contributed by atoms with Gasteiger partial charge < -0.3 is 10.9 Å². The summed E-state index contributed by atoms with van der Waals surface area (Å²) in [5.74, 6) is 0.903. The first-order valence-corrected chi connectivity index (χ1v) is 7.07. The molecule has 5 nitrogen and oxygen atoms in total. The van der Waals surface area contributed by atoms with E-state index in [1.165, 1.54) is 5.56 Å². The molecule has 0 unspecified atom stereocenters. The molecule has 0 aliphatic heterocycles. The molecule has 0 radical (unpaired) electrons. The van der Waals surface area contributed by atoms with Gasteiger partial charge in [0.25, 0.3) is 0 Å². The molecule has 0 atom stereocenters. The number of rotatable bonds is 4. The van der Waals surface area contributed by atoms with Crippen LogP contribution in [0.2, 0.25) is 0 Å². The summed E-state index contributed by atoms with van der Waals surface area (Å²) in [6.07, 6.45) is 3.62.